The Hall–Kier alpha value is -0.571. The number of hydrogen-bond acceptors (Lipinski definition) is 7. The first-order valence-corrected chi connectivity index (χ1v) is 7.71. The summed E-state index contributed by atoms with van der Waals surface area (Å²) < 4.78 is 60.8. The van der Waals surface area contributed by atoms with Gasteiger partial charge in [0.2, 0.25) is 0 Å². The summed E-state index contributed by atoms with van der Waals surface area (Å²) in [5, 5.41) is 0. The van der Waals surface area contributed by atoms with Gasteiger partial charge in [0.15, 0.2) is 0 Å². The van der Waals surface area contributed by atoms with Crippen molar-refractivity contribution < 1.29 is 36.1 Å². The van der Waals surface area contributed by atoms with Crippen LogP contribution in [0.5, 0.6) is 0 Å². The van der Waals surface area contributed by atoms with Crippen molar-refractivity contribution in [3.8, 4) is 0 Å². The van der Waals surface area contributed by atoms with E-state index >= 15 is 0 Å². The van der Waals surface area contributed by atoms with Crippen molar-refractivity contribution in [2.45, 2.75) is 0 Å². The molecule has 0 fully saturated rings. The van der Waals surface area contributed by atoms with E-state index in [-0.39, 0.29) is 0 Å². The minimum absolute atomic E-state index is 2.23. The van der Waals surface area contributed by atoms with Crippen LogP contribution in [-0.2, 0) is 23.0 Å². The van der Waals surface area contributed by atoms with E-state index in [0.717, 1.165) is 0 Å². The molecule has 0 bridgehead atoms. The minimum atomic E-state index is -5.82. The van der Waals surface area contributed by atoms with Crippen molar-refractivity contribution in [3.05, 3.63) is 0 Å². The van der Waals surface area contributed by atoms with Gasteiger partial charge in [-0.2, -0.15) is 0 Å². The predicted molar refractivity (Wildman–Crippen MR) is 26.3 cm³/mol. The molecule has 0 unspecified atom stereocenters. The zero-order chi connectivity index (χ0) is 9.99. The fraction of sp³-hybridized carbons (Fsp3) is 0. The van der Waals surface area contributed by atoms with E-state index in [1.165, 1.54) is 0 Å². The third-order valence-electron chi connectivity index (χ3n) is 0.347. The summed E-state index contributed by atoms with van der Waals surface area (Å²) in [5.41, 5.74) is 0. The number of hydrogen-bond donors (Lipinski definition) is 2. The second-order valence-corrected chi connectivity index (χ2v) is 5.56. The summed E-state index contributed by atoms with van der Waals surface area (Å²) in [6, 6.07) is 0. The third-order valence-corrected chi connectivity index (χ3v) is 1.80. The van der Waals surface area contributed by atoms with Crippen molar-refractivity contribution in [1.82, 2.24) is 0 Å². The molecule has 0 aromatic carbocycles. The van der Waals surface area contributed by atoms with Gasteiger partial charge in [0.05, 0.1) is 0 Å². The van der Waals surface area contributed by atoms with Gasteiger partial charge >= 0.3 is 69.0 Å². The van der Waals surface area contributed by atoms with Crippen molar-refractivity contribution in [2.24, 2.45) is 0 Å². The van der Waals surface area contributed by atoms with E-state index in [4.69, 9.17) is 8.38 Å². The molecule has 0 aromatic rings. The first kappa shape index (κ1) is 11.4. The fourth-order valence-corrected chi connectivity index (χ4v) is 1.27. The first-order chi connectivity index (χ1) is 5.10. The van der Waals surface area contributed by atoms with Gasteiger partial charge in [-0.1, -0.05) is 0 Å². The van der Waals surface area contributed by atoms with Crippen LogP contribution < -0.4 is 0 Å². The Kier molecular flexibility index (Phi) is 3.27. The van der Waals surface area contributed by atoms with Gasteiger partial charge < -0.3 is 0 Å². The summed E-state index contributed by atoms with van der Waals surface area (Å²) in [7, 11) is 0. The number of carbonyl (C=O) groups is 1. The average Bonchev–Trinajstić information content (AvgIpc) is 1.49. The molecule has 0 heterocycles. The summed E-state index contributed by atoms with van der Waals surface area (Å²) in [4.78, 5) is 9.99. The summed E-state index contributed by atoms with van der Waals surface area (Å²) >= 11 is -11.6. The molecule has 0 spiro atoms. The van der Waals surface area contributed by atoms with Crippen molar-refractivity contribution >= 4 is 32.9 Å². The van der Waals surface area contributed by atoms with Gasteiger partial charge in [0, 0.05) is 0 Å². The van der Waals surface area contributed by atoms with Crippen LogP contribution in [0.1, 0.15) is 0 Å². The van der Waals surface area contributed by atoms with E-state index in [1.807, 2.05) is 0 Å². The van der Waals surface area contributed by atoms with Crippen molar-refractivity contribution in [1.29, 1.82) is 0 Å². The second-order valence-electron chi connectivity index (χ2n) is 1.27. The molecule has 72 valence electrons. The molecule has 0 aromatic heterocycles. The van der Waals surface area contributed by atoms with Crippen LogP contribution in [-0.4, -0.2) is 41.3 Å². The van der Waals surface area contributed by atoms with E-state index < -0.39 is 32.9 Å². The van der Waals surface area contributed by atoms with Crippen LogP contribution in [0.2, 0.25) is 0 Å². The van der Waals surface area contributed by atoms with E-state index in [9.17, 15) is 20.1 Å². The van der Waals surface area contributed by atoms with Crippen molar-refractivity contribution in [3.63, 3.8) is 0 Å². The molecule has 0 atom stereocenters. The summed E-state index contributed by atoms with van der Waals surface area (Å²) in [6.45, 7) is 0. The van der Waals surface area contributed by atoms with Gasteiger partial charge in [-0.15, -0.1) is 0 Å². The molecule has 12 heavy (non-hydrogen) atoms. The molecule has 0 aliphatic carbocycles. The SMILES string of the molecule is O=C(O[Se](=O)(=O)O)O[Se](=O)(=O)O. The van der Waals surface area contributed by atoms with Gasteiger partial charge in [0.1, 0.15) is 0 Å². The van der Waals surface area contributed by atoms with E-state index in [1.54, 1.807) is 0 Å². The molecule has 0 amide bonds. The van der Waals surface area contributed by atoms with Crippen LogP contribution in [0.4, 0.5) is 4.79 Å². The van der Waals surface area contributed by atoms with Crippen LogP contribution >= 0.6 is 0 Å². The maximum atomic E-state index is 9.99. The van der Waals surface area contributed by atoms with Crippen molar-refractivity contribution in [2.75, 3.05) is 0 Å². The van der Waals surface area contributed by atoms with Crippen LogP contribution in [0.25, 0.3) is 0 Å². The van der Waals surface area contributed by atoms with Crippen LogP contribution in [0.15, 0.2) is 0 Å². The summed E-state index contributed by atoms with van der Waals surface area (Å²) in [6.07, 6.45) is -2.23. The molecule has 0 radical (unpaired) electrons. The monoisotopic (exact) mass is 318 g/mol. The molecule has 0 saturated carbocycles. The molecular formula is CH2O9Se2. The number of rotatable bonds is 2. The number of carbonyl (C=O) groups excluding carboxylic acids is 1. The van der Waals surface area contributed by atoms with Gasteiger partial charge in [-0.3, -0.25) is 0 Å². The second kappa shape index (κ2) is 3.44. The molecule has 0 rings (SSSR count). The zero-order valence-electron chi connectivity index (χ0n) is 5.07. The quantitative estimate of drug-likeness (QED) is 0.538. The molecule has 9 nitrogen and oxygen atoms in total. The normalized spacial score (nSPS) is 12.2. The Morgan fingerprint density at radius 3 is 1.33 bits per heavy atom. The Labute approximate surface area is 69.4 Å². The van der Waals surface area contributed by atoms with E-state index in [0.29, 0.717) is 0 Å². The van der Waals surface area contributed by atoms with Crippen LogP contribution in [0, 0.1) is 0 Å². The fourth-order valence-electron chi connectivity index (χ4n) is 0.186. The van der Waals surface area contributed by atoms with Gasteiger partial charge in [-0.05, 0) is 0 Å². The Morgan fingerprint density at radius 2 is 1.17 bits per heavy atom. The standard InChI is InChI=1S/CH2O9Se2/c2-1(9-11(3,4)5)10-12(6,7)8/h(H,3,4,5)(H,6,7,8). The maximum absolute atomic E-state index is 9.99. The molecular weight excluding hydrogens is 314 g/mol. The third kappa shape index (κ3) is 7.54. The van der Waals surface area contributed by atoms with E-state index in [2.05, 4.69) is 7.64 Å². The molecule has 0 saturated heterocycles. The Bertz CT molecular complexity index is 319. The Balaban J connectivity index is 4.30. The predicted octanol–water partition coefficient (Wildman–Crippen LogP) is -2.28. The van der Waals surface area contributed by atoms with Gasteiger partial charge in [0.25, 0.3) is 0 Å². The molecule has 0 aliphatic heterocycles. The van der Waals surface area contributed by atoms with Gasteiger partial charge in [-0.25, -0.2) is 0 Å². The molecule has 11 heteroatoms. The first-order valence-electron chi connectivity index (χ1n) is 1.98. The summed E-state index contributed by atoms with van der Waals surface area (Å²) in [5.74, 6) is 0. The molecule has 2 N–H and O–H groups in total. The molecule has 0 aliphatic rings. The Morgan fingerprint density at radius 1 is 0.917 bits per heavy atom. The average molecular weight is 316 g/mol. The van der Waals surface area contributed by atoms with Crippen LogP contribution in [0.3, 0.4) is 0 Å². The topological polar surface area (TPSA) is 144 Å². The zero-order valence-corrected chi connectivity index (χ0v) is 8.49.